The molecule has 3 N–H and O–H groups in total. The number of amides is 1. The average molecular weight is 263 g/mol. The summed E-state index contributed by atoms with van der Waals surface area (Å²) in [7, 11) is 0. The predicted molar refractivity (Wildman–Crippen MR) is 56.9 cm³/mol. The summed E-state index contributed by atoms with van der Waals surface area (Å²) in [4.78, 5) is 23.8. The van der Waals surface area contributed by atoms with E-state index in [4.69, 9.17) is 5.73 Å². The molecule has 2 heterocycles. The highest BCUT2D eigenvalue weighted by Gasteiger charge is 2.51. The van der Waals surface area contributed by atoms with Crippen LogP contribution >= 0.6 is 0 Å². The number of primary amides is 1. The van der Waals surface area contributed by atoms with Crippen LogP contribution in [0.3, 0.4) is 0 Å². The molecule has 2 aliphatic heterocycles. The summed E-state index contributed by atoms with van der Waals surface area (Å²) in [6.45, 7) is 1.64. The topological polar surface area (TPSA) is 84.7 Å². The third kappa shape index (κ3) is 2.59. The molecule has 6 nitrogen and oxygen atoms in total. The van der Waals surface area contributed by atoms with Crippen LogP contribution < -0.4 is 11.1 Å². The summed E-state index contributed by atoms with van der Waals surface area (Å²) in [5.74, 6) is -5.42. The largest absolute Gasteiger partial charge is 0.456 e. The minimum Gasteiger partial charge on any atom is -0.456 e. The van der Waals surface area contributed by atoms with Crippen molar-refractivity contribution in [2.75, 3.05) is 26.2 Å². The van der Waals surface area contributed by atoms with Crippen LogP contribution in [0.15, 0.2) is 0 Å². The number of piperazine rings is 1. The fourth-order valence-electron chi connectivity index (χ4n) is 2.26. The van der Waals surface area contributed by atoms with Gasteiger partial charge in [0.05, 0.1) is 6.42 Å². The van der Waals surface area contributed by atoms with Gasteiger partial charge in [-0.1, -0.05) is 0 Å². The molecule has 0 aliphatic carbocycles. The Labute approximate surface area is 102 Å². The van der Waals surface area contributed by atoms with Gasteiger partial charge in [0.25, 0.3) is 0 Å². The maximum atomic E-state index is 13.0. The van der Waals surface area contributed by atoms with Gasteiger partial charge in [-0.2, -0.15) is 8.78 Å². The number of nitrogens with two attached hydrogens (primary N) is 1. The molecular weight excluding hydrogens is 248 g/mol. The van der Waals surface area contributed by atoms with Gasteiger partial charge in [0.2, 0.25) is 5.91 Å². The monoisotopic (exact) mass is 263 g/mol. The molecule has 0 spiro atoms. The minimum absolute atomic E-state index is 0.108. The van der Waals surface area contributed by atoms with E-state index < -0.39 is 36.4 Å². The molecule has 2 aliphatic rings. The van der Waals surface area contributed by atoms with Crippen molar-refractivity contribution in [1.29, 1.82) is 0 Å². The summed E-state index contributed by atoms with van der Waals surface area (Å²) in [6, 6.07) is -0.549. The zero-order chi connectivity index (χ0) is 13.3. The van der Waals surface area contributed by atoms with Crippen LogP contribution in [0.1, 0.15) is 6.42 Å². The highest BCUT2D eigenvalue weighted by molar-refractivity contribution is 5.80. The van der Waals surface area contributed by atoms with Crippen molar-refractivity contribution in [2.45, 2.75) is 24.5 Å². The number of hydrogen-bond donors (Lipinski definition) is 2. The number of alkyl halides is 2. The number of nitrogens with zero attached hydrogens (tertiary/aromatic N) is 1. The molecule has 102 valence electrons. The second-order valence-electron chi connectivity index (χ2n) is 4.55. The SMILES string of the molecule is NC(=O)C1CNCCN1CC1CC(F)(F)C(=O)O1. The van der Waals surface area contributed by atoms with Crippen molar-refractivity contribution >= 4 is 11.9 Å². The lowest BCUT2D eigenvalue weighted by Gasteiger charge is -2.35. The summed E-state index contributed by atoms with van der Waals surface area (Å²) in [6.07, 6.45) is -1.52. The molecule has 2 saturated heterocycles. The van der Waals surface area contributed by atoms with E-state index in [1.807, 2.05) is 0 Å². The summed E-state index contributed by atoms with van der Waals surface area (Å²) >= 11 is 0. The van der Waals surface area contributed by atoms with E-state index in [-0.39, 0.29) is 6.54 Å². The molecule has 8 heteroatoms. The number of halogens is 2. The van der Waals surface area contributed by atoms with Crippen LogP contribution in [0.25, 0.3) is 0 Å². The van der Waals surface area contributed by atoms with E-state index in [0.717, 1.165) is 0 Å². The number of cyclic esters (lactones) is 1. The number of carbonyl (C=O) groups is 2. The second-order valence-corrected chi connectivity index (χ2v) is 4.55. The third-order valence-electron chi connectivity index (χ3n) is 3.18. The molecule has 0 aromatic rings. The van der Waals surface area contributed by atoms with Gasteiger partial charge in [0, 0.05) is 26.2 Å². The van der Waals surface area contributed by atoms with Gasteiger partial charge in [-0.3, -0.25) is 9.69 Å². The molecule has 0 radical (unpaired) electrons. The van der Waals surface area contributed by atoms with E-state index in [0.29, 0.717) is 19.6 Å². The normalized spacial score (nSPS) is 32.2. The van der Waals surface area contributed by atoms with Crippen LogP contribution in [0.5, 0.6) is 0 Å². The van der Waals surface area contributed by atoms with Gasteiger partial charge in [-0.15, -0.1) is 0 Å². The Morgan fingerprint density at radius 3 is 2.89 bits per heavy atom. The molecule has 0 bridgehead atoms. The van der Waals surface area contributed by atoms with Gasteiger partial charge < -0.3 is 15.8 Å². The van der Waals surface area contributed by atoms with E-state index in [1.54, 1.807) is 4.90 Å². The molecule has 0 saturated carbocycles. The Hall–Kier alpha value is -1.28. The average Bonchev–Trinajstić information content (AvgIpc) is 2.52. The minimum atomic E-state index is -3.42. The third-order valence-corrected chi connectivity index (χ3v) is 3.18. The van der Waals surface area contributed by atoms with E-state index in [2.05, 4.69) is 10.1 Å². The Morgan fingerprint density at radius 1 is 1.61 bits per heavy atom. The molecular formula is C10H15F2N3O3. The molecule has 18 heavy (non-hydrogen) atoms. The van der Waals surface area contributed by atoms with Crippen LogP contribution in [0.2, 0.25) is 0 Å². The first-order valence-electron chi connectivity index (χ1n) is 5.73. The number of nitrogens with one attached hydrogen (secondary N) is 1. The van der Waals surface area contributed by atoms with Crippen molar-refractivity contribution in [1.82, 2.24) is 10.2 Å². The van der Waals surface area contributed by atoms with Gasteiger partial charge in [0.15, 0.2) is 0 Å². The van der Waals surface area contributed by atoms with Crippen LogP contribution in [0, 0.1) is 0 Å². The number of hydrogen-bond acceptors (Lipinski definition) is 5. The first-order chi connectivity index (χ1) is 8.40. The van der Waals surface area contributed by atoms with Crippen molar-refractivity contribution in [2.24, 2.45) is 5.73 Å². The number of carbonyl (C=O) groups excluding carboxylic acids is 2. The quantitative estimate of drug-likeness (QED) is 0.618. The number of esters is 1. The smallest absolute Gasteiger partial charge is 0.377 e. The molecule has 0 aromatic heterocycles. The van der Waals surface area contributed by atoms with Crippen LogP contribution in [-0.4, -0.2) is 61.0 Å². The Balaban J connectivity index is 1.96. The van der Waals surface area contributed by atoms with Crippen molar-refractivity contribution < 1.29 is 23.1 Å². The van der Waals surface area contributed by atoms with Gasteiger partial charge >= 0.3 is 11.9 Å². The standard InChI is InChI=1S/C10H15F2N3O3/c11-10(12)3-6(18-9(10)17)5-15-2-1-14-4-7(15)8(13)16/h6-7,14H,1-5H2,(H2,13,16). The van der Waals surface area contributed by atoms with E-state index in [1.165, 1.54) is 0 Å². The molecule has 2 atom stereocenters. The Morgan fingerprint density at radius 2 is 2.33 bits per heavy atom. The van der Waals surface area contributed by atoms with Gasteiger partial charge in [0.1, 0.15) is 12.1 Å². The number of ether oxygens (including phenoxy) is 1. The lowest BCUT2D eigenvalue weighted by Crippen LogP contribution is -2.58. The van der Waals surface area contributed by atoms with Gasteiger partial charge in [-0.05, 0) is 0 Å². The molecule has 1 amide bonds. The summed E-state index contributed by atoms with van der Waals surface area (Å²) < 4.78 is 30.6. The van der Waals surface area contributed by atoms with E-state index >= 15 is 0 Å². The Kier molecular flexibility index (Phi) is 3.49. The fraction of sp³-hybridized carbons (Fsp3) is 0.800. The van der Waals surface area contributed by atoms with Gasteiger partial charge in [-0.25, -0.2) is 4.79 Å². The summed E-state index contributed by atoms with van der Waals surface area (Å²) in [5.41, 5.74) is 5.24. The maximum Gasteiger partial charge on any atom is 0.377 e. The van der Waals surface area contributed by atoms with Crippen molar-refractivity contribution in [3.8, 4) is 0 Å². The lowest BCUT2D eigenvalue weighted by molar-refractivity contribution is -0.159. The highest BCUT2D eigenvalue weighted by atomic mass is 19.3. The zero-order valence-corrected chi connectivity index (χ0v) is 9.70. The maximum absolute atomic E-state index is 13.0. The lowest BCUT2D eigenvalue weighted by atomic mass is 10.1. The van der Waals surface area contributed by atoms with E-state index in [9.17, 15) is 18.4 Å². The summed E-state index contributed by atoms with van der Waals surface area (Å²) in [5, 5.41) is 3.00. The fourth-order valence-corrected chi connectivity index (χ4v) is 2.26. The first kappa shape index (κ1) is 13.2. The Bertz CT molecular complexity index is 364. The van der Waals surface area contributed by atoms with Crippen LogP contribution in [0.4, 0.5) is 8.78 Å². The van der Waals surface area contributed by atoms with Crippen LogP contribution in [-0.2, 0) is 14.3 Å². The predicted octanol–water partition coefficient (Wildman–Crippen LogP) is -1.30. The van der Waals surface area contributed by atoms with Crippen molar-refractivity contribution in [3.63, 3.8) is 0 Å². The zero-order valence-electron chi connectivity index (χ0n) is 9.70. The molecule has 2 fully saturated rings. The van der Waals surface area contributed by atoms with Crippen molar-refractivity contribution in [3.05, 3.63) is 0 Å². The molecule has 2 rings (SSSR count). The molecule has 0 aromatic carbocycles. The molecule has 2 unspecified atom stereocenters. The second kappa shape index (κ2) is 4.77. The number of rotatable bonds is 3. The first-order valence-corrected chi connectivity index (χ1v) is 5.73. The highest BCUT2D eigenvalue weighted by Crippen LogP contribution is 2.31.